The van der Waals surface area contributed by atoms with Gasteiger partial charge in [-0.2, -0.15) is 8.61 Å². The highest BCUT2D eigenvalue weighted by Gasteiger charge is 2.45. The number of carbonyl (C=O) groups excluding carboxylic acids is 3. The maximum atomic E-state index is 14.2. The molecule has 0 aliphatic carbocycles. The molecule has 4 aliphatic heterocycles. The van der Waals surface area contributed by atoms with Crippen molar-refractivity contribution in [3.8, 4) is 34.5 Å². The first kappa shape index (κ1) is 75.4. The number of amides is 1. The third kappa shape index (κ3) is 22.6. The third-order valence-corrected chi connectivity index (χ3v) is 19.4. The Kier molecular flexibility index (Phi) is 27.4. The summed E-state index contributed by atoms with van der Waals surface area (Å²) >= 11 is 4.92. The van der Waals surface area contributed by atoms with Gasteiger partial charge in [0, 0.05) is 80.8 Å². The number of alkyl carbamates (subject to hydrolysis) is 1. The first-order chi connectivity index (χ1) is 45.5. The van der Waals surface area contributed by atoms with E-state index in [0.29, 0.717) is 81.2 Å². The number of aliphatic hydroxyl groups is 2. The predicted molar refractivity (Wildman–Crippen MR) is 347 cm³/mol. The van der Waals surface area contributed by atoms with Crippen LogP contribution in [-0.2, 0) is 45.4 Å². The molecule has 4 unspecified atom stereocenters. The summed E-state index contributed by atoms with van der Waals surface area (Å²) in [6, 6.07) is 27.7. The van der Waals surface area contributed by atoms with Gasteiger partial charge in [-0.3, -0.25) is 20.2 Å². The van der Waals surface area contributed by atoms with E-state index in [1.54, 1.807) is 12.1 Å². The third-order valence-electron chi connectivity index (χ3n) is 15.7. The van der Waals surface area contributed by atoms with Crippen molar-refractivity contribution in [2.75, 3.05) is 66.2 Å². The van der Waals surface area contributed by atoms with Crippen LogP contribution in [0.4, 0.5) is 25.8 Å². The van der Waals surface area contributed by atoms with Gasteiger partial charge in [-0.15, -0.1) is 0 Å². The van der Waals surface area contributed by atoms with Crippen LogP contribution in [0.25, 0.3) is 0 Å². The first-order valence-electron chi connectivity index (χ1n) is 31.1. The number of rotatable bonds is 30. The summed E-state index contributed by atoms with van der Waals surface area (Å²) in [5.74, 6) is 2.13. The maximum absolute atomic E-state index is 14.2. The molecule has 0 aromatic heterocycles. The van der Waals surface area contributed by atoms with E-state index in [0.717, 1.165) is 12.0 Å². The predicted octanol–water partition coefficient (Wildman–Crippen LogP) is 10.8. The number of carbonyl (C=O) groups is 3. The zero-order valence-corrected chi connectivity index (χ0v) is 56.5. The van der Waals surface area contributed by atoms with Gasteiger partial charge in [-0.1, -0.05) is 78.3 Å². The van der Waals surface area contributed by atoms with Crippen LogP contribution in [0, 0.1) is 42.9 Å². The number of nitro groups is 2. The Hall–Kier alpha value is -7.94. The van der Waals surface area contributed by atoms with Gasteiger partial charge in [0.25, 0.3) is 11.4 Å². The minimum absolute atomic E-state index is 0.00347. The lowest BCUT2D eigenvalue weighted by molar-refractivity contribution is -0.385. The topological polar surface area (TPSA) is 357 Å². The highest BCUT2D eigenvalue weighted by atomic mass is 35.5. The normalized spacial score (nSPS) is 16.9. The first-order valence-corrected chi connectivity index (χ1v) is 34.3. The summed E-state index contributed by atoms with van der Waals surface area (Å²) in [4.78, 5) is 55.3. The molecule has 2 fully saturated rings. The molecule has 0 saturated carbocycles. The second-order valence-electron chi connectivity index (χ2n) is 25.0. The molecule has 28 nitrogen and oxygen atoms in total. The molecule has 5 aromatic carbocycles. The molecule has 0 bridgehead atoms. The average molecular weight is 1400 g/mol. The molecule has 96 heavy (non-hydrogen) atoms. The number of hydrogen-bond donors (Lipinski definition) is 3. The summed E-state index contributed by atoms with van der Waals surface area (Å²) < 4.78 is 111. The molecule has 524 valence electrons. The average Bonchev–Trinajstić information content (AvgIpc) is 1.20. The molecule has 31 heteroatoms. The molecule has 2 saturated heterocycles. The second-order valence-corrected chi connectivity index (χ2v) is 29.2. The van der Waals surface area contributed by atoms with Crippen molar-refractivity contribution in [2.24, 2.45) is 22.7 Å². The number of ether oxygens (including phenoxy) is 10. The van der Waals surface area contributed by atoms with Gasteiger partial charge in [0.2, 0.25) is 33.6 Å². The van der Waals surface area contributed by atoms with Crippen LogP contribution in [0.15, 0.2) is 125 Å². The monoisotopic (exact) mass is 1400 g/mol. The largest absolute Gasteiger partial charge is 0.513 e. The Balaban J connectivity index is 0.000000230. The number of nitrogens with zero attached hydrogens (tertiary/aromatic N) is 4. The Bertz CT molecular complexity index is 3640. The van der Waals surface area contributed by atoms with E-state index in [9.17, 15) is 61.7 Å². The van der Waals surface area contributed by atoms with Gasteiger partial charge in [-0.05, 0) is 116 Å². The van der Waals surface area contributed by atoms with Crippen LogP contribution >= 0.6 is 11.6 Å². The Morgan fingerprint density at radius 2 is 1.20 bits per heavy atom. The Labute approximate surface area is 562 Å². The lowest BCUT2D eigenvalue weighted by Crippen LogP contribution is -2.52. The van der Waals surface area contributed by atoms with Crippen molar-refractivity contribution < 1.29 is 98.6 Å². The fourth-order valence-corrected chi connectivity index (χ4v) is 14.4. The number of benzene rings is 5. The van der Waals surface area contributed by atoms with Gasteiger partial charge in [0.05, 0.1) is 57.5 Å². The molecular weight excluding hydrogens is 1320 g/mol. The minimum atomic E-state index is -4.13. The van der Waals surface area contributed by atoms with Crippen LogP contribution in [0.1, 0.15) is 92.1 Å². The molecule has 5 aromatic rings. The van der Waals surface area contributed by atoms with Gasteiger partial charge < -0.3 is 62.9 Å². The Morgan fingerprint density at radius 1 is 0.688 bits per heavy atom. The highest BCUT2D eigenvalue weighted by Crippen LogP contribution is 2.39. The van der Waals surface area contributed by atoms with Crippen molar-refractivity contribution in [2.45, 2.75) is 127 Å². The fourth-order valence-electron chi connectivity index (χ4n) is 10.8. The van der Waals surface area contributed by atoms with E-state index in [2.05, 4.69) is 10.1 Å². The van der Waals surface area contributed by atoms with Crippen molar-refractivity contribution in [3.05, 3.63) is 141 Å². The maximum Gasteiger partial charge on any atom is 0.513 e. The van der Waals surface area contributed by atoms with E-state index >= 15 is 0 Å². The summed E-state index contributed by atoms with van der Waals surface area (Å²) in [5.41, 5.74) is -1.13. The van der Waals surface area contributed by atoms with E-state index in [4.69, 9.17) is 54.2 Å². The number of sulfonamides is 2. The van der Waals surface area contributed by atoms with Crippen molar-refractivity contribution >= 4 is 60.7 Å². The molecule has 9 rings (SSSR count). The summed E-state index contributed by atoms with van der Waals surface area (Å²) in [5, 5.41) is 44.7. The second kappa shape index (κ2) is 34.8. The quantitative estimate of drug-likeness (QED) is 0.00960. The van der Waals surface area contributed by atoms with Crippen LogP contribution in [0.3, 0.4) is 0 Å². The van der Waals surface area contributed by atoms with Gasteiger partial charge in [-0.25, -0.2) is 31.2 Å². The van der Waals surface area contributed by atoms with Crippen LogP contribution in [0.5, 0.6) is 34.5 Å². The molecule has 0 radical (unpaired) electrons. The molecule has 0 spiro atoms. The zero-order valence-electron chi connectivity index (χ0n) is 54.1. The van der Waals surface area contributed by atoms with Crippen LogP contribution in [-0.4, -0.2) is 154 Å². The van der Waals surface area contributed by atoms with E-state index in [1.165, 1.54) is 81.4 Å². The molecule has 3 N–H and O–H groups in total. The van der Waals surface area contributed by atoms with E-state index < -0.39 is 71.2 Å². The fraction of sp³-hybridized carbons (Fsp3) is 0.492. The number of unbranched alkanes of at least 4 members (excludes halogenated alkanes) is 2. The zero-order chi connectivity index (χ0) is 69.8. The standard InChI is InChI=1S/C32H44N2O10S.C26H34N2O9S.C7H4ClNO4/c1-32(2,13-6-7-14-35)20-34(45(38,39)23-10-11-27-28(17-23)43-21-42-27)18-26(36)25(16-22-8-4-3-5-9-22)33-31(37)44-29-19-41-30-24(29)12-15-40-30;1-19(2)16-27(38(32,33)22-11-12-23-24(15-22)36-18-35-23)17-26(3,4)13-5-6-14-34-25(29)37-21-9-7-20(8-10-21)28(30)31;8-7(10)13-6-3-1-5(2-4-6)9(11)12/h3-5,8-11,17,24-26,29-30,35-36H,6-7,12-16,18-21H2,1-2H3,(H,33,37);7-12,15,19H,5-6,13-14,16-18H2,1-4H3;1-4H/t24?,25-,26?,29?,30?;;/m0../s1. The summed E-state index contributed by atoms with van der Waals surface area (Å²) in [6.07, 6.45) is 1.15. The molecule has 5 atom stereocenters. The number of nitrogens with one attached hydrogen (secondary N) is 1. The smallest absolute Gasteiger partial charge is 0.454 e. The van der Waals surface area contributed by atoms with Crippen molar-refractivity contribution in [3.63, 3.8) is 0 Å². The SMILES string of the molecule is CC(C)(CCCCO)CN(CC(O)[C@H](Cc1ccccc1)NC(=O)OC1COC2OCCC12)S(=O)(=O)c1ccc2c(c1)OCO2.CC(C)CN(CC(C)(C)CCCCOC(=O)Oc1ccc([N+](=O)[O-])cc1)S(=O)(=O)c1ccc2c(c1)OCO2.O=C(Cl)Oc1ccc([N+](=O)[O-])cc1. The number of fused-ring (bicyclic) bond motifs is 3. The van der Waals surface area contributed by atoms with Crippen LogP contribution in [0.2, 0.25) is 0 Å². The van der Waals surface area contributed by atoms with Crippen molar-refractivity contribution in [1.82, 2.24) is 13.9 Å². The van der Waals surface area contributed by atoms with Crippen molar-refractivity contribution in [1.29, 1.82) is 0 Å². The van der Waals surface area contributed by atoms with Gasteiger partial charge in [0.1, 0.15) is 17.6 Å². The Morgan fingerprint density at radius 3 is 1.71 bits per heavy atom. The number of hydrogen-bond acceptors (Lipinski definition) is 23. The summed E-state index contributed by atoms with van der Waals surface area (Å²) in [6.45, 7) is 13.4. The number of non-ortho nitro benzene ring substituents is 2. The molecule has 4 aliphatic rings. The van der Waals surface area contributed by atoms with E-state index in [-0.39, 0.29) is 109 Å². The van der Waals surface area contributed by atoms with Crippen LogP contribution < -0.4 is 33.7 Å². The van der Waals surface area contributed by atoms with Gasteiger partial charge >= 0.3 is 17.7 Å². The minimum Gasteiger partial charge on any atom is -0.454 e. The molecule has 1 amide bonds. The van der Waals surface area contributed by atoms with E-state index in [1.807, 2.05) is 71.9 Å². The number of nitro benzene ring substituents is 2. The summed E-state index contributed by atoms with van der Waals surface area (Å²) in [7, 11) is -7.89. The number of aliphatic hydroxyl groups excluding tert-OH is 2. The molecule has 4 heterocycles. The lowest BCUT2D eigenvalue weighted by Gasteiger charge is -2.35. The number of halogens is 1. The molecular formula is C65H82ClN5O23S2. The lowest BCUT2D eigenvalue weighted by atomic mass is 9.87. The highest BCUT2D eigenvalue weighted by molar-refractivity contribution is 7.89. The van der Waals surface area contributed by atoms with Gasteiger partial charge in [0.15, 0.2) is 29.3 Å².